The number of rotatable bonds is 2. The molecule has 0 aliphatic carbocycles. The molecule has 2 N–H and O–H groups in total. The number of hydrogen-bond acceptors (Lipinski definition) is 3. The molecule has 0 radical (unpaired) electrons. The molecule has 0 spiro atoms. The predicted molar refractivity (Wildman–Crippen MR) is 71.2 cm³/mol. The van der Waals surface area contributed by atoms with Crippen molar-refractivity contribution in [1.29, 1.82) is 0 Å². The summed E-state index contributed by atoms with van der Waals surface area (Å²) < 4.78 is 1.76. The molecule has 1 aromatic heterocycles. The van der Waals surface area contributed by atoms with Gasteiger partial charge in [-0.05, 0) is 36.4 Å². The van der Waals surface area contributed by atoms with Crippen LogP contribution >= 0.6 is 0 Å². The summed E-state index contributed by atoms with van der Waals surface area (Å²) in [5.74, 6) is 0.693. The Bertz CT molecular complexity index is 641. The summed E-state index contributed by atoms with van der Waals surface area (Å²) in [6.45, 7) is 0. The van der Waals surface area contributed by atoms with Crippen molar-refractivity contribution in [3.63, 3.8) is 0 Å². The largest absolute Gasteiger partial charge is 0.399 e. The lowest BCUT2D eigenvalue weighted by Crippen LogP contribution is -1.94. The average Bonchev–Trinajstić information content (AvgIpc) is 2.90. The van der Waals surface area contributed by atoms with Crippen molar-refractivity contribution >= 4 is 5.69 Å². The third-order valence-electron chi connectivity index (χ3n) is 2.68. The highest BCUT2D eigenvalue weighted by Crippen LogP contribution is 2.17. The number of nitrogens with two attached hydrogens (primary N) is 1. The summed E-state index contributed by atoms with van der Waals surface area (Å²) in [6.07, 6.45) is 1.71. The van der Waals surface area contributed by atoms with Crippen molar-refractivity contribution in [3.05, 3.63) is 60.9 Å². The quantitative estimate of drug-likeness (QED) is 0.695. The lowest BCUT2D eigenvalue weighted by atomic mass is 10.2. The molecule has 3 aromatic rings. The Kier molecular flexibility index (Phi) is 2.53. The first-order valence-corrected chi connectivity index (χ1v) is 5.66. The van der Waals surface area contributed by atoms with E-state index in [4.69, 9.17) is 5.73 Å². The summed E-state index contributed by atoms with van der Waals surface area (Å²) in [6, 6.07) is 17.4. The summed E-state index contributed by atoms with van der Waals surface area (Å²) >= 11 is 0. The van der Waals surface area contributed by atoms with Crippen LogP contribution in [0.4, 0.5) is 5.69 Å². The second kappa shape index (κ2) is 4.33. The smallest absolute Gasteiger partial charge is 0.181 e. The molecular formula is C14H12N4. The molecule has 0 aliphatic heterocycles. The first-order valence-electron chi connectivity index (χ1n) is 5.66. The van der Waals surface area contributed by atoms with E-state index in [1.165, 1.54) is 0 Å². The Labute approximate surface area is 105 Å². The summed E-state index contributed by atoms with van der Waals surface area (Å²) in [5.41, 5.74) is 8.34. The third kappa shape index (κ3) is 1.96. The van der Waals surface area contributed by atoms with Gasteiger partial charge in [0.25, 0.3) is 0 Å². The molecule has 88 valence electrons. The van der Waals surface area contributed by atoms with Crippen molar-refractivity contribution in [2.45, 2.75) is 0 Å². The minimum absolute atomic E-state index is 0.693. The first-order chi connectivity index (χ1) is 8.83. The van der Waals surface area contributed by atoms with Crippen LogP contribution in [0, 0.1) is 0 Å². The standard InChI is InChI=1S/C14H12N4/c15-12-8-6-11(7-9-12)14-16-10-18(17-14)13-4-2-1-3-5-13/h1-10H,15H2. The molecular weight excluding hydrogens is 224 g/mol. The van der Waals surface area contributed by atoms with E-state index in [0.29, 0.717) is 5.82 Å². The molecule has 4 nitrogen and oxygen atoms in total. The Morgan fingerprint density at radius 1 is 0.889 bits per heavy atom. The SMILES string of the molecule is Nc1ccc(-c2ncn(-c3ccccc3)n2)cc1. The number of nitrogens with zero attached hydrogens (tertiary/aromatic N) is 3. The van der Waals surface area contributed by atoms with E-state index >= 15 is 0 Å². The highest BCUT2D eigenvalue weighted by atomic mass is 15.3. The van der Waals surface area contributed by atoms with Crippen LogP contribution < -0.4 is 5.73 Å². The normalized spacial score (nSPS) is 10.4. The maximum atomic E-state index is 5.65. The highest BCUT2D eigenvalue weighted by molar-refractivity contribution is 5.58. The fourth-order valence-electron chi connectivity index (χ4n) is 1.73. The monoisotopic (exact) mass is 236 g/mol. The van der Waals surface area contributed by atoms with Gasteiger partial charge in [0.05, 0.1) is 5.69 Å². The van der Waals surface area contributed by atoms with Gasteiger partial charge in [0.2, 0.25) is 0 Å². The summed E-state index contributed by atoms with van der Waals surface area (Å²) in [4.78, 5) is 4.30. The highest BCUT2D eigenvalue weighted by Gasteiger charge is 2.04. The molecule has 0 saturated heterocycles. The van der Waals surface area contributed by atoms with E-state index < -0.39 is 0 Å². The third-order valence-corrected chi connectivity index (χ3v) is 2.68. The van der Waals surface area contributed by atoms with Crippen LogP contribution in [0.25, 0.3) is 17.1 Å². The fraction of sp³-hybridized carbons (Fsp3) is 0. The lowest BCUT2D eigenvalue weighted by Gasteiger charge is -1.99. The zero-order valence-electron chi connectivity index (χ0n) is 9.69. The Morgan fingerprint density at radius 3 is 2.33 bits per heavy atom. The van der Waals surface area contributed by atoms with Crippen molar-refractivity contribution in [3.8, 4) is 17.1 Å². The topological polar surface area (TPSA) is 56.7 Å². The molecule has 1 heterocycles. The van der Waals surface area contributed by atoms with Crippen molar-refractivity contribution in [1.82, 2.24) is 14.8 Å². The van der Waals surface area contributed by atoms with E-state index in [0.717, 1.165) is 16.9 Å². The molecule has 0 atom stereocenters. The lowest BCUT2D eigenvalue weighted by molar-refractivity contribution is 0.882. The fourth-order valence-corrected chi connectivity index (χ4v) is 1.73. The van der Waals surface area contributed by atoms with Gasteiger partial charge in [0, 0.05) is 11.3 Å². The van der Waals surface area contributed by atoms with Gasteiger partial charge in [0.15, 0.2) is 5.82 Å². The van der Waals surface area contributed by atoms with Gasteiger partial charge in [-0.1, -0.05) is 18.2 Å². The maximum Gasteiger partial charge on any atom is 0.181 e. The van der Waals surface area contributed by atoms with Crippen LogP contribution in [0.3, 0.4) is 0 Å². The number of aromatic nitrogens is 3. The maximum absolute atomic E-state index is 5.65. The number of hydrogen-bond donors (Lipinski definition) is 1. The van der Waals surface area contributed by atoms with Gasteiger partial charge >= 0.3 is 0 Å². The number of benzene rings is 2. The molecule has 4 heteroatoms. The van der Waals surface area contributed by atoms with E-state index in [2.05, 4.69) is 10.1 Å². The average molecular weight is 236 g/mol. The van der Waals surface area contributed by atoms with Crippen LogP contribution in [0.2, 0.25) is 0 Å². The van der Waals surface area contributed by atoms with Gasteiger partial charge in [-0.3, -0.25) is 0 Å². The van der Waals surface area contributed by atoms with E-state index in [1.54, 1.807) is 11.0 Å². The van der Waals surface area contributed by atoms with E-state index in [1.807, 2.05) is 54.6 Å². The van der Waals surface area contributed by atoms with Crippen molar-refractivity contribution in [2.75, 3.05) is 5.73 Å². The summed E-state index contributed by atoms with van der Waals surface area (Å²) in [7, 11) is 0. The second-order valence-corrected chi connectivity index (χ2v) is 3.97. The van der Waals surface area contributed by atoms with E-state index in [9.17, 15) is 0 Å². The molecule has 0 fully saturated rings. The molecule has 3 rings (SSSR count). The minimum Gasteiger partial charge on any atom is -0.399 e. The van der Waals surface area contributed by atoms with Crippen LogP contribution in [0.5, 0.6) is 0 Å². The first kappa shape index (κ1) is 10.5. The predicted octanol–water partition coefficient (Wildman–Crippen LogP) is 2.52. The molecule has 18 heavy (non-hydrogen) atoms. The van der Waals surface area contributed by atoms with Crippen molar-refractivity contribution in [2.24, 2.45) is 0 Å². The van der Waals surface area contributed by atoms with Gasteiger partial charge in [-0.25, -0.2) is 9.67 Å². The Morgan fingerprint density at radius 2 is 1.61 bits per heavy atom. The van der Waals surface area contributed by atoms with Gasteiger partial charge in [0.1, 0.15) is 6.33 Å². The molecule has 0 bridgehead atoms. The van der Waals surface area contributed by atoms with Crippen LogP contribution in [-0.4, -0.2) is 14.8 Å². The number of para-hydroxylation sites is 1. The zero-order valence-corrected chi connectivity index (χ0v) is 9.69. The van der Waals surface area contributed by atoms with Crippen molar-refractivity contribution < 1.29 is 0 Å². The molecule has 0 unspecified atom stereocenters. The Hall–Kier alpha value is -2.62. The van der Waals surface area contributed by atoms with Gasteiger partial charge in [-0.15, -0.1) is 5.10 Å². The van der Waals surface area contributed by atoms with Crippen LogP contribution in [-0.2, 0) is 0 Å². The number of anilines is 1. The Balaban J connectivity index is 1.97. The molecule has 0 amide bonds. The van der Waals surface area contributed by atoms with E-state index in [-0.39, 0.29) is 0 Å². The van der Waals surface area contributed by atoms with Crippen LogP contribution in [0.1, 0.15) is 0 Å². The molecule has 0 saturated carbocycles. The zero-order chi connectivity index (χ0) is 12.4. The van der Waals surface area contributed by atoms with Gasteiger partial charge < -0.3 is 5.73 Å². The minimum atomic E-state index is 0.693. The molecule has 2 aromatic carbocycles. The number of nitrogen functional groups attached to an aromatic ring is 1. The van der Waals surface area contributed by atoms with Gasteiger partial charge in [-0.2, -0.15) is 0 Å². The second-order valence-electron chi connectivity index (χ2n) is 3.97. The summed E-state index contributed by atoms with van der Waals surface area (Å²) in [5, 5.41) is 4.45. The van der Waals surface area contributed by atoms with Crippen LogP contribution in [0.15, 0.2) is 60.9 Å². The molecule has 0 aliphatic rings.